The van der Waals surface area contributed by atoms with Gasteiger partial charge in [0.15, 0.2) is 0 Å². The highest BCUT2D eigenvalue weighted by Gasteiger charge is 2.15. The first-order chi connectivity index (χ1) is 7.70. The summed E-state index contributed by atoms with van der Waals surface area (Å²) in [6.07, 6.45) is 4.31. The minimum absolute atomic E-state index is 0.0507. The van der Waals surface area contributed by atoms with Crippen molar-refractivity contribution in [3.63, 3.8) is 0 Å². The van der Waals surface area contributed by atoms with Gasteiger partial charge in [-0.3, -0.25) is 10.1 Å². The molecular formula is C11H13NO3S. The fourth-order valence-electron chi connectivity index (χ4n) is 1.31. The third-order valence-corrected chi connectivity index (χ3v) is 2.30. The Labute approximate surface area is 99.5 Å². The summed E-state index contributed by atoms with van der Waals surface area (Å²) in [5.41, 5.74) is 0.548. The van der Waals surface area contributed by atoms with E-state index >= 15 is 0 Å². The number of hydrogen-bond donors (Lipinski definition) is 1. The van der Waals surface area contributed by atoms with E-state index < -0.39 is 4.92 Å². The fourth-order valence-corrected chi connectivity index (χ4v) is 1.46. The van der Waals surface area contributed by atoms with Gasteiger partial charge in [0.2, 0.25) is 0 Å². The summed E-state index contributed by atoms with van der Waals surface area (Å²) in [6, 6.07) is 4.77. The van der Waals surface area contributed by atoms with Gasteiger partial charge in [-0.1, -0.05) is 12.1 Å². The molecule has 0 amide bonds. The van der Waals surface area contributed by atoms with Crippen LogP contribution < -0.4 is 4.74 Å². The van der Waals surface area contributed by atoms with Crippen molar-refractivity contribution in [2.24, 2.45) is 0 Å². The molecule has 4 nitrogen and oxygen atoms in total. The molecule has 0 aromatic heterocycles. The monoisotopic (exact) mass is 239 g/mol. The summed E-state index contributed by atoms with van der Waals surface area (Å²) in [6.45, 7) is 0. The first-order valence-electron chi connectivity index (χ1n) is 4.79. The number of thiol groups is 1. The second kappa shape index (κ2) is 6.17. The summed E-state index contributed by atoms with van der Waals surface area (Å²) in [5, 5.41) is 10.8. The van der Waals surface area contributed by atoms with Crippen molar-refractivity contribution in [3.05, 3.63) is 40.0 Å². The molecule has 86 valence electrons. The van der Waals surface area contributed by atoms with E-state index in [1.54, 1.807) is 18.2 Å². The van der Waals surface area contributed by atoms with Gasteiger partial charge >= 0.3 is 0 Å². The number of methoxy groups -OCH3 is 1. The lowest BCUT2D eigenvalue weighted by molar-refractivity contribution is -0.385. The molecule has 0 aliphatic heterocycles. The number of benzene rings is 1. The van der Waals surface area contributed by atoms with Crippen molar-refractivity contribution in [1.29, 1.82) is 0 Å². The molecule has 5 heteroatoms. The van der Waals surface area contributed by atoms with Crippen molar-refractivity contribution in [2.75, 3.05) is 12.9 Å². The van der Waals surface area contributed by atoms with Crippen LogP contribution in [-0.4, -0.2) is 17.8 Å². The Balaban J connectivity index is 3.14. The molecule has 0 saturated heterocycles. The van der Waals surface area contributed by atoms with E-state index in [9.17, 15) is 10.1 Å². The molecule has 0 saturated carbocycles. The van der Waals surface area contributed by atoms with Gasteiger partial charge in [0.05, 0.1) is 17.6 Å². The zero-order valence-electron chi connectivity index (χ0n) is 8.92. The normalized spacial score (nSPS) is 10.6. The van der Waals surface area contributed by atoms with Crippen molar-refractivity contribution in [2.45, 2.75) is 6.42 Å². The third kappa shape index (κ3) is 3.00. The van der Waals surface area contributed by atoms with Gasteiger partial charge in [-0.15, -0.1) is 0 Å². The average molecular weight is 239 g/mol. The van der Waals surface area contributed by atoms with E-state index in [0.29, 0.717) is 17.1 Å². The Morgan fingerprint density at radius 3 is 2.88 bits per heavy atom. The number of nitrogens with zero attached hydrogens (tertiary/aromatic N) is 1. The minimum Gasteiger partial charge on any atom is -0.496 e. The Kier molecular flexibility index (Phi) is 4.85. The quantitative estimate of drug-likeness (QED) is 0.488. The van der Waals surface area contributed by atoms with Gasteiger partial charge in [0.1, 0.15) is 5.75 Å². The van der Waals surface area contributed by atoms with Crippen LogP contribution in [0.5, 0.6) is 5.75 Å². The van der Waals surface area contributed by atoms with Crippen LogP contribution in [-0.2, 0) is 0 Å². The van der Waals surface area contributed by atoms with Crippen LogP contribution in [0.25, 0.3) is 6.08 Å². The maximum Gasteiger partial charge on any atom is 0.280 e. The van der Waals surface area contributed by atoms with Crippen LogP contribution in [0.2, 0.25) is 0 Å². The average Bonchev–Trinajstić information content (AvgIpc) is 2.29. The van der Waals surface area contributed by atoms with E-state index in [-0.39, 0.29) is 5.69 Å². The standard InChI is InChI=1S/C11H13NO3S/c1-15-11-7-4-6-10(12(13)14)9(11)5-2-3-8-16/h2,4-7,16H,3,8H2,1H3. The molecule has 0 radical (unpaired) electrons. The van der Waals surface area contributed by atoms with Crippen LogP contribution in [0.3, 0.4) is 0 Å². The van der Waals surface area contributed by atoms with Crippen LogP contribution >= 0.6 is 12.6 Å². The summed E-state index contributed by atoms with van der Waals surface area (Å²) < 4.78 is 5.09. The van der Waals surface area contributed by atoms with E-state index in [1.165, 1.54) is 13.2 Å². The number of hydrogen-bond acceptors (Lipinski definition) is 4. The topological polar surface area (TPSA) is 52.4 Å². The maximum absolute atomic E-state index is 10.8. The van der Waals surface area contributed by atoms with Crippen LogP contribution in [0.4, 0.5) is 5.69 Å². The third-order valence-electron chi connectivity index (χ3n) is 2.04. The zero-order valence-corrected chi connectivity index (χ0v) is 9.81. The van der Waals surface area contributed by atoms with E-state index in [4.69, 9.17) is 4.74 Å². The summed E-state index contributed by atoms with van der Waals surface area (Å²) in [7, 11) is 1.50. The lowest BCUT2D eigenvalue weighted by Crippen LogP contribution is -1.94. The van der Waals surface area contributed by atoms with Gasteiger partial charge in [0.25, 0.3) is 5.69 Å². The first kappa shape index (κ1) is 12.6. The molecule has 1 rings (SSSR count). The predicted molar refractivity (Wildman–Crippen MR) is 67.2 cm³/mol. The zero-order chi connectivity index (χ0) is 12.0. The van der Waals surface area contributed by atoms with Crippen LogP contribution in [0.1, 0.15) is 12.0 Å². The summed E-state index contributed by atoms with van der Waals surface area (Å²) in [5.74, 6) is 1.21. The number of allylic oxidation sites excluding steroid dienone is 1. The molecular weight excluding hydrogens is 226 g/mol. The molecule has 0 unspecified atom stereocenters. The molecule has 0 bridgehead atoms. The fraction of sp³-hybridized carbons (Fsp3) is 0.273. The second-order valence-corrected chi connectivity index (χ2v) is 3.51. The van der Waals surface area contributed by atoms with E-state index in [1.807, 2.05) is 6.08 Å². The lowest BCUT2D eigenvalue weighted by Gasteiger charge is -2.04. The summed E-state index contributed by atoms with van der Waals surface area (Å²) in [4.78, 5) is 10.4. The van der Waals surface area contributed by atoms with Crippen LogP contribution in [0.15, 0.2) is 24.3 Å². The SMILES string of the molecule is COc1cccc([N+](=O)[O-])c1C=CCCS. The first-order valence-corrected chi connectivity index (χ1v) is 5.42. The Morgan fingerprint density at radius 1 is 1.56 bits per heavy atom. The molecule has 0 fully saturated rings. The molecule has 0 atom stereocenters. The van der Waals surface area contributed by atoms with Gasteiger partial charge < -0.3 is 4.74 Å². The van der Waals surface area contributed by atoms with E-state index in [0.717, 1.165) is 6.42 Å². The van der Waals surface area contributed by atoms with E-state index in [2.05, 4.69) is 12.6 Å². The molecule has 0 aliphatic rings. The van der Waals surface area contributed by atoms with Gasteiger partial charge in [0, 0.05) is 6.07 Å². The molecule has 1 aromatic carbocycles. The van der Waals surface area contributed by atoms with Crippen molar-refractivity contribution >= 4 is 24.4 Å². The van der Waals surface area contributed by atoms with Gasteiger partial charge in [-0.25, -0.2) is 0 Å². The molecule has 0 heterocycles. The molecule has 16 heavy (non-hydrogen) atoms. The number of nitro groups is 1. The second-order valence-electron chi connectivity index (χ2n) is 3.06. The Bertz CT molecular complexity index is 404. The van der Waals surface area contributed by atoms with Gasteiger partial charge in [-0.05, 0) is 24.3 Å². The highest BCUT2D eigenvalue weighted by molar-refractivity contribution is 7.80. The van der Waals surface area contributed by atoms with Crippen molar-refractivity contribution in [3.8, 4) is 5.75 Å². The minimum atomic E-state index is -0.414. The summed E-state index contributed by atoms with van der Waals surface area (Å²) >= 11 is 4.07. The predicted octanol–water partition coefficient (Wildman–Crippen LogP) is 2.94. The Morgan fingerprint density at radius 2 is 2.31 bits per heavy atom. The molecule has 1 aromatic rings. The highest BCUT2D eigenvalue weighted by Crippen LogP contribution is 2.29. The molecule has 0 N–H and O–H groups in total. The van der Waals surface area contributed by atoms with Gasteiger partial charge in [-0.2, -0.15) is 12.6 Å². The lowest BCUT2D eigenvalue weighted by atomic mass is 10.1. The Hall–Kier alpha value is -1.49. The maximum atomic E-state index is 10.8. The highest BCUT2D eigenvalue weighted by atomic mass is 32.1. The van der Waals surface area contributed by atoms with Crippen molar-refractivity contribution < 1.29 is 9.66 Å². The smallest absolute Gasteiger partial charge is 0.280 e. The number of ether oxygens (including phenoxy) is 1. The number of nitro benzene ring substituents is 1. The molecule has 0 spiro atoms. The largest absolute Gasteiger partial charge is 0.496 e. The van der Waals surface area contributed by atoms with Crippen LogP contribution in [0, 0.1) is 10.1 Å². The number of rotatable bonds is 5. The van der Waals surface area contributed by atoms with Crippen molar-refractivity contribution in [1.82, 2.24) is 0 Å². The molecule has 0 aliphatic carbocycles.